The fourth-order valence-corrected chi connectivity index (χ4v) is 1.87. The van der Waals surface area contributed by atoms with Gasteiger partial charge in [0, 0.05) is 17.1 Å². The molecule has 0 saturated carbocycles. The monoisotopic (exact) mass is 290 g/mol. The van der Waals surface area contributed by atoms with Crippen LogP contribution in [-0.4, -0.2) is 13.2 Å². The Kier molecular flexibility index (Phi) is 5.34. The highest BCUT2D eigenvalue weighted by Gasteiger charge is 2.17. The zero-order chi connectivity index (χ0) is 12.1. The Morgan fingerprint density at radius 3 is 2.81 bits per heavy atom. The van der Waals surface area contributed by atoms with Crippen LogP contribution in [0.4, 0.5) is 4.39 Å². The second-order valence-corrected chi connectivity index (χ2v) is 4.58. The number of halogens is 2. The van der Waals surface area contributed by atoms with Gasteiger partial charge in [0.05, 0.1) is 12.1 Å². The summed E-state index contributed by atoms with van der Waals surface area (Å²) in [5.41, 5.74) is 3.15. The van der Waals surface area contributed by atoms with Crippen molar-refractivity contribution in [3.63, 3.8) is 0 Å². The summed E-state index contributed by atoms with van der Waals surface area (Å²) in [5.74, 6) is 5.17. The van der Waals surface area contributed by atoms with Crippen LogP contribution < -0.4 is 11.3 Å². The summed E-state index contributed by atoms with van der Waals surface area (Å²) in [7, 11) is 1.62. The van der Waals surface area contributed by atoms with E-state index in [1.165, 1.54) is 6.07 Å². The molecule has 2 unspecified atom stereocenters. The summed E-state index contributed by atoms with van der Waals surface area (Å²) in [6.45, 7) is 1.92. The number of nitrogens with two attached hydrogens (primary N) is 1. The third-order valence-electron chi connectivity index (χ3n) is 2.50. The number of nitrogens with one attached hydrogen (secondary N) is 1. The minimum atomic E-state index is -0.269. The van der Waals surface area contributed by atoms with Gasteiger partial charge in [-0.15, -0.1) is 0 Å². The van der Waals surface area contributed by atoms with Gasteiger partial charge in [-0.05, 0) is 31.5 Å². The maximum absolute atomic E-state index is 13.6. The molecule has 0 spiro atoms. The molecule has 1 aromatic rings. The molecule has 2 atom stereocenters. The lowest BCUT2D eigenvalue weighted by atomic mass is 10.0. The van der Waals surface area contributed by atoms with Crippen LogP contribution in [0.3, 0.4) is 0 Å². The van der Waals surface area contributed by atoms with Gasteiger partial charge in [-0.25, -0.2) is 4.39 Å². The van der Waals surface area contributed by atoms with Crippen molar-refractivity contribution in [3.05, 3.63) is 34.1 Å². The summed E-state index contributed by atoms with van der Waals surface area (Å²) in [6.07, 6.45) is 0.625. The maximum atomic E-state index is 13.6. The van der Waals surface area contributed by atoms with Crippen LogP contribution in [-0.2, 0) is 4.74 Å². The fourth-order valence-electron chi connectivity index (χ4n) is 1.49. The Bertz CT molecular complexity index is 349. The van der Waals surface area contributed by atoms with Crippen molar-refractivity contribution in [1.29, 1.82) is 0 Å². The molecular weight excluding hydrogens is 275 g/mol. The van der Waals surface area contributed by atoms with Gasteiger partial charge in [0.2, 0.25) is 0 Å². The number of hydrogen-bond acceptors (Lipinski definition) is 3. The van der Waals surface area contributed by atoms with E-state index in [0.29, 0.717) is 12.0 Å². The molecule has 16 heavy (non-hydrogen) atoms. The van der Waals surface area contributed by atoms with Gasteiger partial charge >= 0.3 is 0 Å². The Hall–Kier alpha value is -0.490. The third-order valence-corrected chi connectivity index (χ3v) is 3.00. The van der Waals surface area contributed by atoms with Gasteiger partial charge in [0.15, 0.2) is 0 Å². The molecule has 5 heteroatoms. The maximum Gasteiger partial charge on any atom is 0.128 e. The molecule has 3 N–H and O–H groups in total. The normalized spacial score (nSPS) is 14.8. The zero-order valence-corrected chi connectivity index (χ0v) is 10.9. The highest BCUT2D eigenvalue weighted by atomic mass is 79.9. The highest BCUT2D eigenvalue weighted by Crippen LogP contribution is 2.24. The van der Waals surface area contributed by atoms with E-state index in [1.807, 2.05) is 6.92 Å². The predicted octanol–water partition coefficient (Wildman–Crippen LogP) is 2.52. The van der Waals surface area contributed by atoms with Crippen LogP contribution >= 0.6 is 15.9 Å². The largest absolute Gasteiger partial charge is 0.382 e. The number of hydrazine groups is 1. The van der Waals surface area contributed by atoms with Gasteiger partial charge in [-0.2, -0.15) is 0 Å². The Morgan fingerprint density at radius 1 is 1.56 bits per heavy atom. The molecule has 0 aromatic heterocycles. The average molecular weight is 291 g/mol. The van der Waals surface area contributed by atoms with Crippen molar-refractivity contribution < 1.29 is 9.13 Å². The molecular formula is C11H16BrFN2O. The first-order valence-electron chi connectivity index (χ1n) is 5.02. The second-order valence-electron chi connectivity index (χ2n) is 3.67. The summed E-state index contributed by atoms with van der Waals surface area (Å²) < 4.78 is 19.6. The molecule has 0 bridgehead atoms. The number of hydrogen-bond donors (Lipinski definition) is 2. The fraction of sp³-hybridized carbons (Fsp3) is 0.455. The zero-order valence-electron chi connectivity index (χ0n) is 9.34. The van der Waals surface area contributed by atoms with Crippen LogP contribution in [0.1, 0.15) is 24.9 Å². The van der Waals surface area contributed by atoms with Gasteiger partial charge in [0.1, 0.15) is 5.82 Å². The molecule has 1 aromatic carbocycles. The topological polar surface area (TPSA) is 47.3 Å². The van der Waals surface area contributed by atoms with Gasteiger partial charge in [-0.1, -0.05) is 15.9 Å². The molecule has 0 amide bonds. The van der Waals surface area contributed by atoms with Crippen molar-refractivity contribution in [2.75, 3.05) is 7.11 Å². The SMILES string of the molecule is COC(C)CC(NN)c1cc(Br)ccc1F. The predicted molar refractivity (Wildman–Crippen MR) is 65.3 cm³/mol. The molecule has 0 heterocycles. The van der Waals surface area contributed by atoms with E-state index < -0.39 is 0 Å². The van der Waals surface area contributed by atoms with E-state index >= 15 is 0 Å². The van der Waals surface area contributed by atoms with Crippen molar-refractivity contribution in [1.82, 2.24) is 5.43 Å². The number of ether oxygens (including phenoxy) is 1. The van der Waals surface area contributed by atoms with Crippen LogP contribution in [0.25, 0.3) is 0 Å². The van der Waals surface area contributed by atoms with Crippen molar-refractivity contribution in [2.24, 2.45) is 5.84 Å². The molecule has 0 fully saturated rings. The van der Waals surface area contributed by atoms with Crippen LogP contribution in [0, 0.1) is 5.82 Å². The summed E-state index contributed by atoms with van der Waals surface area (Å²) in [4.78, 5) is 0. The summed E-state index contributed by atoms with van der Waals surface area (Å²) in [5, 5.41) is 0. The van der Waals surface area contributed by atoms with Crippen molar-refractivity contribution in [2.45, 2.75) is 25.5 Å². The van der Waals surface area contributed by atoms with E-state index in [1.54, 1.807) is 19.2 Å². The molecule has 0 saturated heterocycles. The van der Waals surface area contributed by atoms with Crippen molar-refractivity contribution >= 4 is 15.9 Å². The lowest BCUT2D eigenvalue weighted by molar-refractivity contribution is 0.0999. The first kappa shape index (κ1) is 13.6. The Balaban J connectivity index is 2.89. The molecule has 90 valence electrons. The average Bonchev–Trinajstić information content (AvgIpc) is 2.29. The molecule has 3 nitrogen and oxygen atoms in total. The van der Waals surface area contributed by atoms with E-state index in [9.17, 15) is 4.39 Å². The summed E-state index contributed by atoms with van der Waals surface area (Å²) in [6, 6.07) is 4.54. The van der Waals surface area contributed by atoms with Crippen molar-refractivity contribution in [3.8, 4) is 0 Å². The minimum Gasteiger partial charge on any atom is -0.382 e. The van der Waals surface area contributed by atoms with E-state index in [2.05, 4.69) is 21.4 Å². The van der Waals surface area contributed by atoms with Crippen LogP contribution in [0.15, 0.2) is 22.7 Å². The summed E-state index contributed by atoms with van der Waals surface area (Å²) >= 11 is 3.31. The van der Waals surface area contributed by atoms with E-state index in [-0.39, 0.29) is 18.0 Å². The number of benzene rings is 1. The smallest absolute Gasteiger partial charge is 0.128 e. The minimum absolute atomic E-state index is 0.0134. The first-order valence-corrected chi connectivity index (χ1v) is 5.81. The molecule has 0 aliphatic rings. The first-order chi connectivity index (χ1) is 7.58. The Morgan fingerprint density at radius 2 is 2.25 bits per heavy atom. The van der Waals surface area contributed by atoms with Gasteiger partial charge in [0.25, 0.3) is 0 Å². The molecule has 0 aliphatic heterocycles. The quantitative estimate of drug-likeness (QED) is 0.647. The third kappa shape index (κ3) is 3.52. The molecule has 0 radical (unpaired) electrons. The van der Waals surface area contributed by atoms with Crippen LogP contribution in [0.2, 0.25) is 0 Å². The number of rotatable bonds is 5. The Labute approximate surface area is 103 Å². The standard InChI is InChI=1S/C11H16BrFN2O/c1-7(16-2)5-11(15-14)9-6-8(12)3-4-10(9)13/h3-4,6-7,11,15H,5,14H2,1-2H3. The van der Waals surface area contributed by atoms with E-state index in [4.69, 9.17) is 10.6 Å². The highest BCUT2D eigenvalue weighted by molar-refractivity contribution is 9.10. The number of methoxy groups -OCH3 is 1. The van der Waals surface area contributed by atoms with E-state index in [0.717, 1.165) is 4.47 Å². The lowest BCUT2D eigenvalue weighted by Gasteiger charge is -2.20. The molecule has 1 rings (SSSR count). The van der Waals surface area contributed by atoms with Gasteiger partial charge in [-0.3, -0.25) is 11.3 Å². The van der Waals surface area contributed by atoms with Gasteiger partial charge < -0.3 is 4.74 Å². The lowest BCUT2D eigenvalue weighted by Crippen LogP contribution is -2.31. The van der Waals surface area contributed by atoms with Crippen LogP contribution in [0.5, 0.6) is 0 Å². The molecule has 0 aliphatic carbocycles. The second kappa shape index (κ2) is 6.30.